The molecular weight excluding hydrogens is 292 g/mol. The number of aliphatic hydroxyl groups is 2. The molecule has 0 aromatic heterocycles. The Balaban J connectivity index is 1.69. The summed E-state index contributed by atoms with van der Waals surface area (Å²) >= 11 is 0. The van der Waals surface area contributed by atoms with E-state index in [1.165, 1.54) is 5.56 Å². The molecule has 0 saturated carbocycles. The molecule has 5 heteroatoms. The van der Waals surface area contributed by atoms with Crippen LogP contribution in [0.4, 0.5) is 0 Å². The van der Waals surface area contributed by atoms with Crippen molar-refractivity contribution in [2.75, 3.05) is 52.5 Å². The summed E-state index contributed by atoms with van der Waals surface area (Å²) in [5.41, 5.74) is 1.17. The van der Waals surface area contributed by atoms with Gasteiger partial charge in [-0.15, -0.1) is 0 Å². The van der Waals surface area contributed by atoms with E-state index in [2.05, 4.69) is 28.9 Å². The molecule has 1 aliphatic rings. The lowest BCUT2D eigenvalue weighted by atomic mass is 10.1. The second-order valence-electron chi connectivity index (χ2n) is 6.16. The number of ether oxygens (including phenoxy) is 1. The first-order valence-electron chi connectivity index (χ1n) is 8.63. The van der Waals surface area contributed by atoms with Crippen molar-refractivity contribution in [3.8, 4) is 0 Å². The Morgan fingerprint density at radius 1 is 1.09 bits per heavy atom. The fourth-order valence-corrected chi connectivity index (χ4v) is 3.03. The second-order valence-corrected chi connectivity index (χ2v) is 6.16. The van der Waals surface area contributed by atoms with Gasteiger partial charge < -0.3 is 14.9 Å². The van der Waals surface area contributed by atoms with E-state index < -0.39 is 6.10 Å². The fraction of sp³-hybridized carbons (Fsp3) is 0.667. The molecule has 1 heterocycles. The van der Waals surface area contributed by atoms with E-state index in [1.54, 1.807) is 0 Å². The first-order chi connectivity index (χ1) is 11.2. The van der Waals surface area contributed by atoms with Gasteiger partial charge >= 0.3 is 0 Å². The van der Waals surface area contributed by atoms with Crippen LogP contribution in [0.3, 0.4) is 0 Å². The Morgan fingerprint density at radius 3 is 2.35 bits per heavy atom. The second kappa shape index (κ2) is 10.0. The van der Waals surface area contributed by atoms with E-state index in [1.807, 2.05) is 18.2 Å². The van der Waals surface area contributed by atoms with Gasteiger partial charge in [-0.1, -0.05) is 37.3 Å². The first-order valence-corrected chi connectivity index (χ1v) is 8.63. The molecule has 2 N–H and O–H groups in total. The third kappa shape index (κ3) is 6.20. The van der Waals surface area contributed by atoms with Crippen molar-refractivity contribution in [3.05, 3.63) is 35.9 Å². The summed E-state index contributed by atoms with van der Waals surface area (Å²) in [6, 6.07) is 10.2. The molecule has 1 fully saturated rings. The minimum absolute atomic E-state index is 0.0484. The average molecular weight is 322 g/mol. The van der Waals surface area contributed by atoms with Gasteiger partial charge in [0.25, 0.3) is 0 Å². The van der Waals surface area contributed by atoms with E-state index in [-0.39, 0.29) is 12.7 Å². The minimum Gasteiger partial charge on any atom is -0.395 e. The predicted octanol–water partition coefficient (Wildman–Crippen LogP) is 1.13. The minimum atomic E-state index is -0.461. The number of hydrogen-bond acceptors (Lipinski definition) is 5. The zero-order valence-electron chi connectivity index (χ0n) is 14.1. The van der Waals surface area contributed by atoms with E-state index in [0.29, 0.717) is 13.2 Å². The number of nitrogens with zero attached hydrogens (tertiary/aromatic N) is 2. The number of aliphatic hydroxyl groups excluding tert-OH is 2. The lowest BCUT2D eigenvalue weighted by Crippen LogP contribution is -2.49. The van der Waals surface area contributed by atoms with Crippen LogP contribution in [-0.4, -0.2) is 78.6 Å². The SMILES string of the molecule is CC[C@@H](OC[C@H](O)CN1CCN(CCO)CC1)c1ccccc1. The van der Waals surface area contributed by atoms with Crippen LogP contribution in [0, 0.1) is 0 Å². The fourth-order valence-electron chi connectivity index (χ4n) is 3.03. The normalized spacial score (nSPS) is 19.6. The van der Waals surface area contributed by atoms with Gasteiger partial charge in [0.2, 0.25) is 0 Å². The zero-order valence-corrected chi connectivity index (χ0v) is 14.1. The molecule has 0 aliphatic carbocycles. The van der Waals surface area contributed by atoms with Crippen molar-refractivity contribution in [2.45, 2.75) is 25.6 Å². The maximum absolute atomic E-state index is 10.2. The van der Waals surface area contributed by atoms with Crippen LogP contribution in [0.2, 0.25) is 0 Å². The maximum atomic E-state index is 10.2. The van der Waals surface area contributed by atoms with Gasteiger partial charge in [0.15, 0.2) is 0 Å². The van der Waals surface area contributed by atoms with Crippen LogP contribution in [-0.2, 0) is 4.74 Å². The molecule has 0 bridgehead atoms. The molecule has 1 saturated heterocycles. The average Bonchev–Trinajstić information content (AvgIpc) is 2.58. The molecule has 0 spiro atoms. The Hall–Kier alpha value is -0.980. The summed E-state index contributed by atoms with van der Waals surface area (Å²) in [5.74, 6) is 0. The third-order valence-electron chi connectivity index (χ3n) is 4.38. The Morgan fingerprint density at radius 2 is 1.74 bits per heavy atom. The van der Waals surface area contributed by atoms with Gasteiger partial charge in [-0.25, -0.2) is 0 Å². The molecule has 0 radical (unpaired) electrons. The van der Waals surface area contributed by atoms with Crippen LogP contribution in [0.25, 0.3) is 0 Å². The highest BCUT2D eigenvalue weighted by atomic mass is 16.5. The van der Waals surface area contributed by atoms with E-state index >= 15 is 0 Å². The van der Waals surface area contributed by atoms with Crippen LogP contribution in [0.15, 0.2) is 30.3 Å². The van der Waals surface area contributed by atoms with E-state index in [9.17, 15) is 5.11 Å². The van der Waals surface area contributed by atoms with Crippen LogP contribution < -0.4 is 0 Å². The topological polar surface area (TPSA) is 56.2 Å². The Bertz CT molecular complexity index is 422. The first kappa shape index (κ1) is 18.4. The number of β-amino-alcohol motifs (C(OH)–C–C–N with tert-alkyl or cyclic N) is 2. The van der Waals surface area contributed by atoms with Crippen LogP contribution >= 0.6 is 0 Å². The summed E-state index contributed by atoms with van der Waals surface area (Å²) in [5, 5.41) is 19.2. The van der Waals surface area contributed by atoms with Gasteiger partial charge in [-0.2, -0.15) is 0 Å². The highest BCUT2D eigenvalue weighted by molar-refractivity contribution is 5.17. The van der Waals surface area contributed by atoms with Crippen molar-refractivity contribution in [2.24, 2.45) is 0 Å². The summed E-state index contributed by atoms with van der Waals surface area (Å²) in [6.07, 6.45) is 0.487. The van der Waals surface area contributed by atoms with E-state index in [4.69, 9.17) is 9.84 Å². The van der Waals surface area contributed by atoms with E-state index in [0.717, 1.165) is 39.1 Å². The lowest BCUT2D eigenvalue weighted by molar-refractivity contribution is -0.0285. The van der Waals surface area contributed by atoms with Gasteiger partial charge in [-0.3, -0.25) is 9.80 Å². The molecule has 2 rings (SSSR count). The molecule has 1 aliphatic heterocycles. The third-order valence-corrected chi connectivity index (χ3v) is 4.38. The Kier molecular flexibility index (Phi) is 7.99. The smallest absolute Gasteiger partial charge is 0.0900 e. The summed E-state index contributed by atoms with van der Waals surface area (Å²) in [6.45, 7) is 7.86. The number of piperazine rings is 1. The predicted molar refractivity (Wildman–Crippen MR) is 91.4 cm³/mol. The monoisotopic (exact) mass is 322 g/mol. The van der Waals surface area contributed by atoms with Gasteiger partial charge in [0.05, 0.1) is 25.4 Å². The number of benzene rings is 1. The van der Waals surface area contributed by atoms with Gasteiger partial charge in [-0.05, 0) is 12.0 Å². The van der Waals surface area contributed by atoms with Crippen molar-refractivity contribution in [1.29, 1.82) is 0 Å². The van der Waals surface area contributed by atoms with Crippen molar-refractivity contribution >= 4 is 0 Å². The molecule has 130 valence electrons. The quantitative estimate of drug-likeness (QED) is 0.714. The van der Waals surface area contributed by atoms with Crippen molar-refractivity contribution in [1.82, 2.24) is 9.80 Å². The van der Waals surface area contributed by atoms with Gasteiger partial charge in [0, 0.05) is 39.3 Å². The highest BCUT2D eigenvalue weighted by Crippen LogP contribution is 2.20. The molecule has 5 nitrogen and oxygen atoms in total. The summed E-state index contributed by atoms with van der Waals surface area (Å²) in [7, 11) is 0. The largest absolute Gasteiger partial charge is 0.395 e. The van der Waals surface area contributed by atoms with Crippen LogP contribution in [0.1, 0.15) is 25.0 Å². The number of hydrogen-bond donors (Lipinski definition) is 2. The number of rotatable bonds is 9. The van der Waals surface area contributed by atoms with Crippen molar-refractivity contribution in [3.63, 3.8) is 0 Å². The summed E-state index contributed by atoms with van der Waals surface area (Å²) in [4.78, 5) is 4.52. The molecule has 0 unspecified atom stereocenters. The standard InChI is InChI=1S/C18H30N2O3/c1-2-18(16-6-4-3-5-7-16)23-15-17(22)14-20-10-8-19(9-11-20)12-13-21/h3-7,17-18,21-22H,2,8-15H2,1H3/t17-,18-/m1/s1. The molecule has 23 heavy (non-hydrogen) atoms. The molecular formula is C18H30N2O3. The highest BCUT2D eigenvalue weighted by Gasteiger charge is 2.19. The van der Waals surface area contributed by atoms with Gasteiger partial charge in [0.1, 0.15) is 0 Å². The zero-order chi connectivity index (χ0) is 16.5. The lowest BCUT2D eigenvalue weighted by Gasteiger charge is -2.35. The molecule has 1 aromatic carbocycles. The van der Waals surface area contributed by atoms with Crippen molar-refractivity contribution < 1.29 is 14.9 Å². The molecule has 2 atom stereocenters. The Labute approximate surface area is 139 Å². The van der Waals surface area contributed by atoms with Crippen LogP contribution in [0.5, 0.6) is 0 Å². The molecule has 1 aromatic rings. The summed E-state index contributed by atoms with van der Waals surface area (Å²) < 4.78 is 5.92. The maximum Gasteiger partial charge on any atom is 0.0900 e. The molecule has 0 amide bonds.